The van der Waals surface area contributed by atoms with Crippen molar-refractivity contribution in [3.05, 3.63) is 12.2 Å². The molecule has 298 valence electrons. The molecule has 0 aliphatic rings. The van der Waals surface area contributed by atoms with Crippen LogP contribution in [0.15, 0.2) is 12.2 Å². The average Bonchev–Trinajstić information content (AvgIpc) is 3.12. The topological polar surface area (TPSA) is 69.6 Å². The first-order chi connectivity index (χ1) is 24.7. The highest BCUT2D eigenvalue weighted by molar-refractivity contribution is 5.76. The summed E-state index contributed by atoms with van der Waals surface area (Å²) in [7, 11) is 0. The largest absolute Gasteiger partial charge is 0.394 e. The number of aliphatic hydroxyl groups excluding tert-OH is 2. The van der Waals surface area contributed by atoms with Crippen molar-refractivity contribution in [3.8, 4) is 0 Å². The molecule has 2 atom stereocenters. The Morgan fingerprint density at radius 3 is 1.04 bits per heavy atom. The molecule has 4 heteroatoms. The SMILES string of the molecule is CCCCCCCCCCCCCCCCCC/C=C/C(O)C(CO)NC(=O)CCCCCCCCCCCCCCCCCCCCCC. The van der Waals surface area contributed by atoms with Crippen molar-refractivity contribution in [2.75, 3.05) is 6.61 Å². The van der Waals surface area contributed by atoms with Gasteiger partial charge in [-0.15, -0.1) is 0 Å². The highest BCUT2D eigenvalue weighted by Gasteiger charge is 2.17. The lowest BCUT2D eigenvalue weighted by atomic mass is 10.0. The number of hydrogen-bond acceptors (Lipinski definition) is 3. The van der Waals surface area contributed by atoms with E-state index in [1.165, 1.54) is 212 Å². The quantitative estimate of drug-likeness (QED) is 0.0437. The van der Waals surface area contributed by atoms with Gasteiger partial charge >= 0.3 is 0 Å². The first-order valence-electron chi connectivity index (χ1n) is 22.9. The lowest BCUT2D eigenvalue weighted by molar-refractivity contribution is -0.123. The highest BCUT2D eigenvalue weighted by atomic mass is 16.3. The van der Waals surface area contributed by atoms with Gasteiger partial charge in [0.05, 0.1) is 18.8 Å². The van der Waals surface area contributed by atoms with Crippen LogP contribution in [0.1, 0.15) is 258 Å². The summed E-state index contributed by atoms with van der Waals surface area (Å²) in [5.74, 6) is -0.0586. The van der Waals surface area contributed by atoms with Crippen LogP contribution in [-0.4, -0.2) is 34.9 Å². The molecule has 0 radical (unpaired) electrons. The van der Waals surface area contributed by atoms with Crippen LogP contribution in [0.25, 0.3) is 0 Å². The summed E-state index contributed by atoms with van der Waals surface area (Å²) in [5.41, 5.74) is 0. The van der Waals surface area contributed by atoms with Crippen molar-refractivity contribution >= 4 is 5.91 Å². The molecule has 0 bridgehead atoms. The predicted octanol–water partition coefficient (Wildman–Crippen LogP) is 14.2. The summed E-state index contributed by atoms with van der Waals surface area (Å²) in [5, 5.41) is 23.0. The van der Waals surface area contributed by atoms with Crippen LogP contribution >= 0.6 is 0 Å². The Labute approximate surface area is 314 Å². The van der Waals surface area contributed by atoms with Crippen molar-refractivity contribution in [3.63, 3.8) is 0 Å². The van der Waals surface area contributed by atoms with Gasteiger partial charge in [-0.1, -0.05) is 244 Å². The number of aliphatic hydroxyl groups is 2. The van der Waals surface area contributed by atoms with Crippen molar-refractivity contribution in [2.45, 2.75) is 270 Å². The fraction of sp³-hybridized carbons (Fsp3) is 0.935. The number of allylic oxidation sites excluding steroid dienone is 1. The molecule has 0 fully saturated rings. The summed E-state index contributed by atoms with van der Waals surface area (Å²) in [6.07, 6.45) is 53.2. The van der Waals surface area contributed by atoms with Gasteiger partial charge in [-0.2, -0.15) is 0 Å². The maximum atomic E-state index is 12.4. The zero-order chi connectivity index (χ0) is 36.4. The van der Waals surface area contributed by atoms with Gasteiger partial charge < -0.3 is 15.5 Å². The molecule has 0 aromatic carbocycles. The Balaban J connectivity index is 3.51. The first-order valence-corrected chi connectivity index (χ1v) is 22.9. The highest BCUT2D eigenvalue weighted by Crippen LogP contribution is 2.16. The maximum Gasteiger partial charge on any atom is 0.220 e. The van der Waals surface area contributed by atoms with Crippen LogP contribution in [0, 0.1) is 0 Å². The Kier molecular flexibility index (Phi) is 41.8. The van der Waals surface area contributed by atoms with Crippen LogP contribution in [0.2, 0.25) is 0 Å². The second-order valence-corrected chi connectivity index (χ2v) is 15.8. The molecule has 0 aliphatic heterocycles. The van der Waals surface area contributed by atoms with Crippen LogP contribution in [0.3, 0.4) is 0 Å². The third kappa shape index (κ3) is 38.4. The molecule has 3 N–H and O–H groups in total. The van der Waals surface area contributed by atoms with Crippen molar-refractivity contribution in [1.29, 1.82) is 0 Å². The minimum atomic E-state index is -0.833. The van der Waals surface area contributed by atoms with Crippen LogP contribution in [0.5, 0.6) is 0 Å². The molecule has 0 aliphatic carbocycles. The molecule has 0 heterocycles. The van der Waals surface area contributed by atoms with Gasteiger partial charge in [0.15, 0.2) is 0 Å². The summed E-state index contributed by atoms with van der Waals surface area (Å²) in [4.78, 5) is 12.4. The molecule has 0 spiro atoms. The summed E-state index contributed by atoms with van der Waals surface area (Å²) in [6, 6.07) is -0.616. The lowest BCUT2D eigenvalue weighted by Crippen LogP contribution is -2.45. The zero-order valence-electron chi connectivity index (χ0n) is 34.2. The number of hydrogen-bond donors (Lipinski definition) is 3. The Morgan fingerprint density at radius 2 is 0.740 bits per heavy atom. The number of rotatable bonds is 42. The van der Waals surface area contributed by atoms with E-state index in [1.807, 2.05) is 6.08 Å². The number of carbonyl (C=O) groups excluding carboxylic acids is 1. The number of amides is 1. The third-order valence-electron chi connectivity index (χ3n) is 10.8. The molecule has 0 saturated heterocycles. The molecule has 2 unspecified atom stereocenters. The minimum Gasteiger partial charge on any atom is -0.394 e. The van der Waals surface area contributed by atoms with Gasteiger partial charge in [0, 0.05) is 6.42 Å². The molecule has 0 saturated carbocycles. The smallest absolute Gasteiger partial charge is 0.220 e. The van der Waals surface area contributed by atoms with Crippen LogP contribution in [0.4, 0.5) is 0 Å². The molecule has 50 heavy (non-hydrogen) atoms. The van der Waals surface area contributed by atoms with E-state index in [1.54, 1.807) is 6.08 Å². The normalized spacial score (nSPS) is 13.0. The van der Waals surface area contributed by atoms with Crippen molar-refractivity contribution < 1.29 is 15.0 Å². The molecule has 0 rings (SSSR count). The van der Waals surface area contributed by atoms with E-state index in [4.69, 9.17) is 0 Å². The minimum absolute atomic E-state index is 0.0586. The van der Waals surface area contributed by atoms with E-state index in [2.05, 4.69) is 19.2 Å². The Hall–Kier alpha value is -0.870. The second-order valence-electron chi connectivity index (χ2n) is 15.8. The Bertz CT molecular complexity index is 680. The molecule has 4 nitrogen and oxygen atoms in total. The van der Waals surface area contributed by atoms with Gasteiger partial charge in [0.1, 0.15) is 0 Å². The van der Waals surface area contributed by atoms with Gasteiger partial charge in [-0.3, -0.25) is 4.79 Å². The molecule has 0 aromatic rings. The van der Waals surface area contributed by atoms with E-state index >= 15 is 0 Å². The monoisotopic (exact) mass is 706 g/mol. The predicted molar refractivity (Wildman–Crippen MR) is 221 cm³/mol. The fourth-order valence-corrected chi connectivity index (χ4v) is 7.24. The summed E-state index contributed by atoms with van der Waals surface area (Å²) < 4.78 is 0. The molecule has 0 aromatic heterocycles. The summed E-state index contributed by atoms with van der Waals surface area (Å²) in [6.45, 7) is 4.33. The van der Waals surface area contributed by atoms with E-state index in [9.17, 15) is 15.0 Å². The Morgan fingerprint density at radius 1 is 0.460 bits per heavy atom. The average molecular weight is 706 g/mol. The summed E-state index contributed by atoms with van der Waals surface area (Å²) >= 11 is 0. The number of unbranched alkanes of at least 4 members (excludes halogenated alkanes) is 35. The first kappa shape index (κ1) is 49.1. The molecular weight excluding hydrogens is 615 g/mol. The lowest BCUT2D eigenvalue weighted by Gasteiger charge is -2.20. The molecular formula is C46H91NO3. The van der Waals surface area contributed by atoms with E-state index in [0.717, 1.165) is 25.7 Å². The van der Waals surface area contributed by atoms with Gasteiger partial charge in [-0.05, 0) is 19.3 Å². The maximum absolute atomic E-state index is 12.4. The third-order valence-corrected chi connectivity index (χ3v) is 10.8. The van der Waals surface area contributed by atoms with E-state index < -0.39 is 12.1 Å². The standard InChI is InChI=1S/C46H91NO3/c1-3-5-7-9-11-13-15-17-19-21-23-24-26-28-30-32-34-36-38-40-42-46(50)47-44(43-48)45(49)41-39-37-35-33-31-29-27-25-22-20-18-16-14-12-10-8-6-4-2/h39,41,44-45,48-49H,3-38,40,42-43H2,1-2H3,(H,47,50)/b41-39+. The zero-order valence-corrected chi connectivity index (χ0v) is 34.2. The number of carbonyl (C=O) groups is 1. The van der Waals surface area contributed by atoms with E-state index in [0.29, 0.717) is 6.42 Å². The molecule has 1 amide bonds. The van der Waals surface area contributed by atoms with Crippen LogP contribution < -0.4 is 5.32 Å². The van der Waals surface area contributed by atoms with E-state index in [-0.39, 0.29) is 12.5 Å². The van der Waals surface area contributed by atoms with Crippen molar-refractivity contribution in [2.24, 2.45) is 0 Å². The fourth-order valence-electron chi connectivity index (χ4n) is 7.24. The second kappa shape index (κ2) is 42.5. The van der Waals surface area contributed by atoms with Gasteiger partial charge in [-0.25, -0.2) is 0 Å². The number of nitrogens with one attached hydrogen (secondary N) is 1. The van der Waals surface area contributed by atoms with Gasteiger partial charge in [0.25, 0.3) is 0 Å². The van der Waals surface area contributed by atoms with Crippen LogP contribution in [-0.2, 0) is 4.79 Å². The van der Waals surface area contributed by atoms with Crippen molar-refractivity contribution in [1.82, 2.24) is 5.32 Å². The van der Waals surface area contributed by atoms with Gasteiger partial charge in [0.2, 0.25) is 5.91 Å².